The first-order valence-corrected chi connectivity index (χ1v) is 12.5. The Hall–Kier alpha value is -2.40. The lowest BCUT2D eigenvalue weighted by Crippen LogP contribution is -2.22. The molecule has 0 saturated heterocycles. The first-order chi connectivity index (χ1) is 15.5. The smallest absolute Gasteiger partial charge is 0.236 e. The maximum atomic E-state index is 12.8. The van der Waals surface area contributed by atoms with Gasteiger partial charge in [0.05, 0.1) is 28.6 Å². The molecule has 0 N–H and O–H groups in total. The molecular formula is C21H14Cl2F3N3O2S2. The van der Waals surface area contributed by atoms with Crippen molar-refractivity contribution >= 4 is 55.6 Å². The summed E-state index contributed by atoms with van der Waals surface area (Å²) in [5, 5.41) is 7.81. The standard InChI is InChI=1S/C21H14Cl2F3N3O2S2/c22-15-7-3-13(4-8-15)19-17(18-2-1-11-32-18)12-29(27-19)20(23)28-33(30,31)16-9-5-14(6-10-16)21(24,25)26/h1-11,17H,12H2/b28-20-. The third-order valence-corrected chi connectivity index (χ3v) is 7.73. The van der Waals surface area contributed by atoms with Crippen LogP contribution in [0, 0.1) is 0 Å². The molecule has 2 aromatic carbocycles. The van der Waals surface area contributed by atoms with Crippen LogP contribution in [0.25, 0.3) is 0 Å². The van der Waals surface area contributed by atoms with Crippen molar-refractivity contribution in [2.75, 3.05) is 6.54 Å². The number of amidine groups is 1. The lowest BCUT2D eigenvalue weighted by atomic mass is 9.96. The molecule has 12 heteroatoms. The maximum absolute atomic E-state index is 12.8. The van der Waals surface area contributed by atoms with Gasteiger partial charge in [0.1, 0.15) is 0 Å². The van der Waals surface area contributed by atoms with Gasteiger partial charge in [-0.05, 0) is 65.0 Å². The molecule has 5 nitrogen and oxygen atoms in total. The van der Waals surface area contributed by atoms with Crippen LogP contribution >= 0.6 is 34.5 Å². The molecule has 33 heavy (non-hydrogen) atoms. The molecule has 1 aliphatic heterocycles. The normalized spacial score (nSPS) is 17.4. The predicted octanol–water partition coefficient (Wildman–Crippen LogP) is 6.21. The molecular weight excluding hydrogens is 518 g/mol. The fourth-order valence-electron chi connectivity index (χ4n) is 3.23. The molecule has 172 valence electrons. The maximum Gasteiger partial charge on any atom is 0.416 e. The Kier molecular flexibility index (Phi) is 6.54. The number of hydrogen-bond donors (Lipinski definition) is 0. The van der Waals surface area contributed by atoms with Crippen molar-refractivity contribution in [3.63, 3.8) is 0 Å². The molecule has 3 aromatic rings. The van der Waals surface area contributed by atoms with Gasteiger partial charge in [0.25, 0.3) is 10.0 Å². The fraction of sp³-hybridized carbons (Fsp3) is 0.143. The van der Waals surface area contributed by atoms with Crippen molar-refractivity contribution in [3.8, 4) is 0 Å². The Bertz CT molecular complexity index is 1310. The van der Waals surface area contributed by atoms with Gasteiger partial charge < -0.3 is 0 Å². The van der Waals surface area contributed by atoms with Gasteiger partial charge in [-0.2, -0.15) is 26.7 Å². The number of halogens is 5. The topological polar surface area (TPSA) is 62.1 Å². The number of thiophene rings is 1. The van der Waals surface area contributed by atoms with E-state index in [4.69, 9.17) is 23.2 Å². The van der Waals surface area contributed by atoms with E-state index in [0.717, 1.165) is 22.6 Å². The summed E-state index contributed by atoms with van der Waals surface area (Å²) in [5.41, 5.74) is 0.483. The fourth-order valence-corrected chi connectivity index (χ4v) is 5.43. The minimum absolute atomic E-state index is 0.191. The van der Waals surface area contributed by atoms with E-state index >= 15 is 0 Å². The SMILES string of the molecule is O=S(=O)(/N=C(/Cl)N1CC(c2cccs2)C(c2ccc(Cl)cc2)=N1)c1ccc(C(F)(F)F)cc1. The highest BCUT2D eigenvalue weighted by molar-refractivity contribution is 7.90. The van der Waals surface area contributed by atoms with E-state index in [2.05, 4.69) is 9.50 Å². The van der Waals surface area contributed by atoms with E-state index in [1.807, 2.05) is 17.5 Å². The van der Waals surface area contributed by atoms with E-state index in [0.29, 0.717) is 22.9 Å². The first-order valence-electron chi connectivity index (χ1n) is 9.38. The van der Waals surface area contributed by atoms with Crippen LogP contribution in [-0.2, 0) is 16.2 Å². The predicted molar refractivity (Wildman–Crippen MR) is 124 cm³/mol. The molecule has 0 fully saturated rings. The molecule has 2 heterocycles. The third-order valence-electron chi connectivity index (χ3n) is 4.83. The molecule has 0 aliphatic carbocycles. The van der Waals surface area contributed by atoms with Crippen LogP contribution in [0.15, 0.2) is 80.4 Å². The van der Waals surface area contributed by atoms with Crippen LogP contribution in [-0.4, -0.2) is 31.0 Å². The highest BCUT2D eigenvalue weighted by Crippen LogP contribution is 2.33. The molecule has 0 radical (unpaired) electrons. The van der Waals surface area contributed by atoms with Gasteiger partial charge in [-0.1, -0.05) is 29.8 Å². The molecule has 4 rings (SSSR count). The van der Waals surface area contributed by atoms with Crippen LogP contribution in [0.3, 0.4) is 0 Å². The summed E-state index contributed by atoms with van der Waals surface area (Å²) < 4.78 is 67.1. The van der Waals surface area contributed by atoms with E-state index in [-0.39, 0.29) is 12.5 Å². The molecule has 0 spiro atoms. The average molecular weight is 532 g/mol. The quantitative estimate of drug-likeness (QED) is 0.228. The zero-order valence-electron chi connectivity index (χ0n) is 16.5. The number of hydrogen-bond acceptors (Lipinski definition) is 4. The first kappa shape index (κ1) is 23.7. The van der Waals surface area contributed by atoms with Crippen molar-refractivity contribution in [3.05, 3.63) is 87.1 Å². The average Bonchev–Trinajstić information content (AvgIpc) is 3.43. The Morgan fingerprint density at radius 3 is 2.33 bits per heavy atom. The summed E-state index contributed by atoms with van der Waals surface area (Å²) in [4.78, 5) is 0.589. The van der Waals surface area contributed by atoms with Crippen molar-refractivity contribution < 1.29 is 21.6 Å². The van der Waals surface area contributed by atoms with Crippen molar-refractivity contribution in [2.45, 2.75) is 17.0 Å². The minimum Gasteiger partial charge on any atom is -0.236 e. The van der Waals surface area contributed by atoms with Crippen LogP contribution < -0.4 is 0 Å². The summed E-state index contributed by atoms with van der Waals surface area (Å²) >= 11 is 13.7. The van der Waals surface area contributed by atoms with Crippen LogP contribution in [0.4, 0.5) is 13.2 Å². The molecule has 0 saturated carbocycles. The second kappa shape index (κ2) is 9.09. The van der Waals surface area contributed by atoms with Gasteiger partial charge in [-0.3, -0.25) is 0 Å². The molecule has 0 amide bonds. The number of rotatable bonds is 4. The summed E-state index contributed by atoms with van der Waals surface area (Å²) in [6.45, 7) is 0.239. The van der Waals surface area contributed by atoms with E-state index in [1.165, 1.54) is 16.3 Å². The highest BCUT2D eigenvalue weighted by Gasteiger charge is 2.33. The molecule has 0 bridgehead atoms. The van der Waals surface area contributed by atoms with Crippen LogP contribution in [0.2, 0.25) is 5.02 Å². The zero-order valence-corrected chi connectivity index (χ0v) is 19.6. The second-order valence-electron chi connectivity index (χ2n) is 7.00. The monoisotopic (exact) mass is 531 g/mol. The van der Waals surface area contributed by atoms with Gasteiger partial charge in [0.2, 0.25) is 5.29 Å². The Balaban J connectivity index is 1.65. The van der Waals surface area contributed by atoms with Gasteiger partial charge >= 0.3 is 6.18 Å². The molecule has 1 atom stereocenters. The lowest BCUT2D eigenvalue weighted by Gasteiger charge is -2.13. The van der Waals surface area contributed by atoms with Gasteiger partial charge in [0.15, 0.2) is 0 Å². The Morgan fingerprint density at radius 1 is 1.09 bits per heavy atom. The summed E-state index contributed by atoms with van der Waals surface area (Å²) in [6, 6.07) is 13.9. The van der Waals surface area contributed by atoms with E-state index in [1.54, 1.807) is 24.3 Å². The molecule has 1 unspecified atom stereocenters. The highest BCUT2D eigenvalue weighted by atomic mass is 35.5. The van der Waals surface area contributed by atoms with E-state index < -0.39 is 32.0 Å². The summed E-state index contributed by atoms with van der Waals surface area (Å²) in [5.74, 6) is -0.191. The lowest BCUT2D eigenvalue weighted by molar-refractivity contribution is -0.137. The number of benzene rings is 2. The zero-order chi connectivity index (χ0) is 23.8. The van der Waals surface area contributed by atoms with Crippen molar-refractivity contribution in [1.82, 2.24) is 5.01 Å². The van der Waals surface area contributed by atoms with Crippen LogP contribution in [0.1, 0.15) is 21.9 Å². The second-order valence-corrected chi connectivity index (χ2v) is 10.4. The summed E-state index contributed by atoms with van der Waals surface area (Å²) in [7, 11) is -4.36. The van der Waals surface area contributed by atoms with E-state index in [9.17, 15) is 21.6 Å². The van der Waals surface area contributed by atoms with Gasteiger partial charge in [0, 0.05) is 9.90 Å². The van der Waals surface area contributed by atoms with Crippen molar-refractivity contribution in [1.29, 1.82) is 0 Å². The van der Waals surface area contributed by atoms with Crippen LogP contribution in [0.5, 0.6) is 0 Å². The Labute approximate surface area is 201 Å². The Morgan fingerprint density at radius 2 is 1.76 bits per heavy atom. The number of sulfonamides is 1. The third kappa shape index (κ3) is 5.24. The number of hydrazone groups is 1. The number of alkyl halides is 3. The largest absolute Gasteiger partial charge is 0.416 e. The van der Waals surface area contributed by atoms with Gasteiger partial charge in [-0.15, -0.1) is 15.7 Å². The summed E-state index contributed by atoms with van der Waals surface area (Å²) in [6.07, 6.45) is -4.58. The molecule has 1 aromatic heterocycles. The molecule has 1 aliphatic rings. The minimum atomic E-state index is -4.58. The number of nitrogens with zero attached hydrogens (tertiary/aromatic N) is 3. The van der Waals surface area contributed by atoms with Gasteiger partial charge in [-0.25, -0.2) is 5.01 Å². The van der Waals surface area contributed by atoms with Crippen molar-refractivity contribution in [2.24, 2.45) is 9.50 Å².